The lowest BCUT2D eigenvalue weighted by molar-refractivity contribution is 0.332. The second kappa shape index (κ2) is 8.14. The summed E-state index contributed by atoms with van der Waals surface area (Å²) in [5, 5.41) is 3.72. The zero-order valence-electron chi connectivity index (χ0n) is 12.3. The molecule has 2 atom stereocenters. The van der Waals surface area contributed by atoms with E-state index in [9.17, 15) is 4.39 Å². The van der Waals surface area contributed by atoms with Gasteiger partial charge in [-0.15, -0.1) is 0 Å². The molecule has 1 fully saturated rings. The molecular weight excluding hydrogens is 317 g/mol. The number of hydrogen-bond acceptors (Lipinski definition) is 1. The van der Waals surface area contributed by atoms with Crippen molar-refractivity contribution in [3.8, 4) is 0 Å². The van der Waals surface area contributed by atoms with Crippen LogP contribution in [0.1, 0.15) is 51.0 Å². The van der Waals surface area contributed by atoms with Crippen molar-refractivity contribution >= 4 is 15.9 Å². The molecule has 2 rings (SSSR count). The van der Waals surface area contributed by atoms with Crippen LogP contribution in [-0.4, -0.2) is 12.6 Å². The molecule has 1 saturated carbocycles. The maximum absolute atomic E-state index is 13.2. The monoisotopic (exact) mass is 341 g/mol. The zero-order valence-corrected chi connectivity index (χ0v) is 13.9. The first-order valence-electron chi connectivity index (χ1n) is 7.88. The van der Waals surface area contributed by atoms with Gasteiger partial charge in [-0.1, -0.05) is 48.2 Å². The van der Waals surface area contributed by atoms with Crippen molar-refractivity contribution in [1.82, 2.24) is 5.32 Å². The van der Waals surface area contributed by atoms with Crippen molar-refractivity contribution < 1.29 is 4.39 Å². The van der Waals surface area contributed by atoms with Crippen LogP contribution in [0.2, 0.25) is 0 Å². The average molecular weight is 342 g/mol. The molecule has 20 heavy (non-hydrogen) atoms. The SMILES string of the molecule is CCCNC1CCCCCC1Cc1ccc(F)cc1Br. The normalized spacial score (nSPS) is 23.6. The van der Waals surface area contributed by atoms with Gasteiger partial charge in [0.2, 0.25) is 0 Å². The highest BCUT2D eigenvalue weighted by Gasteiger charge is 2.23. The fourth-order valence-electron chi connectivity index (χ4n) is 3.20. The van der Waals surface area contributed by atoms with E-state index in [1.807, 2.05) is 6.07 Å². The number of hydrogen-bond donors (Lipinski definition) is 1. The highest BCUT2D eigenvalue weighted by Crippen LogP contribution is 2.29. The number of nitrogens with one attached hydrogen (secondary N) is 1. The first-order chi connectivity index (χ1) is 9.70. The lowest BCUT2D eigenvalue weighted by Gasteiger charge is -2.26. The average Bonchev–Trinajstić information content (AvgIpc) is 2.65. The maximum atomic E-state index is 13.2. The van der Waals surface area contributed by atoms with Gasteiger partial charge in [-0.25, -0.2) is 4.39 Å². The molecular formula is C17H25BrFN. The third kappa shape index (κ3) is 4.56. The first kappa shape index (κ1) is 16.0. The van der Waals surface area contributed by atoms with Gasteiger partial charge in [-0.3, -0.25) is 0 Å². The molecule has 112 valence electrons. The van der Waals surface area contributed by atoms with E-state index in [0.29, 0.717) is 12.0 Å². The van der Waals surface area contributed by atoms with Crippen LogP contribution in [0.5, 0.6) is 0 Å². The molecule has 0 saturated heterocycles. The van der Waals surface area contributed by atoms with Crippen molar-refractivity contribution in [3.63, 3.8) is 0 Å². The fraction of sp³-hybridized carbons (Fsp3) is 0.647. The standard InChI is InChI=1S/C17H25BrFN/c1-2-10-20-17-7-5-3-4-6-14(17)11-13-8-9-15(19)12-16(13)18/h8-9,12,14,17,20H,2-7,10-11H2,1H3. The van der Waals surface area contributed by atoms with Gasteiger partial charge in [-0.05, 0) is 55.8 Å². The fourth-order valence-corrected chi connectivity index (χ4v) is 3.71. The number of halogens is 2. The molecule has 3 heteroatoms. The molecule has 0 bridgehead atoms. The Morgan fingerprint density at radius 1 is 1.25 bits per heavy atom. The summed E-state index contributed by atoms with van der Waals surface area (Å²) in [6.45, 7) is 3.32. The van der Waals surface area contributed by atoms with Gasteiger partial charge in [-0.2, -0.15) is 0 Å². The molecule has 0 aromatic heterocycles. The number of rotatable bonds is 5. The molecule has 2 unspecified atom stereocenters. The summed E-state index contributed by atoms with van der Waals surface area (Å²) in [6.07, 6.45) is 8.81. The van der Waals surface area contributed by atoms with E-state index in [1.54, 1.807) is 12.1 Å². The molecule has 1 aliphatic carbocycles. The Bertz CT molecular complexity index is 421. The van der Waals surface area contributed by atoms with E-state index < -0.39 is 0 Å². The van der Waals surface area contributed by atoms with E-state index in [2.05, 4.69) is 28.2 Å². The summed E-state index contributed by atoms with van der Waals surface area (Å²) in [4.78, 5) is 0. The van der Waals surface area contributed by atoms with Crippen LogP contribution in [-0.2, 0) is 6.42 Å². The lowest BCUT2D eigenvalue weighted by Crippen LogP contribution is -2.37. The van der Waals surface area contributed by atoms with Crippen molar-refractivity contribution in [2.75, 3.05) is 6.54 Å². The minimum Gasteiger partial charge on any atom is -0.314 e. The van der Waals surface area contributed by atoms with Gasteiger partial charge >= 0.3 is 0 Å². The van der Waals surface area contributed by atoms with Crippen molar-refractivity contribution in [2.24, 2.45) is 5.92 Å². The topological polar surface area (TPSA) is 12.0 Å². The molecule has 1 N–H and O–H groups in total. The molecule has 0 amide bonds. The van der Waals surface area contributed by atoms with Gasteiger partial charge in [0.25, 0.3) is 0 Å². The molecule has 1 aromatic carbocycles. The summed E-state index contributed by atoms with van der Waals surface area (Å²) in [5.74, 6) is 0.507. The molecule has 1 nitrogen and oxygen atoms in total. The van der Waals surface area contributed by atoms with Crippen molar-refractivity contribution in [1.29, 1.82) is 0 Å². The summed E-state index contributed by atoms with van der Waals surface area (Å²) >= 11 is 3.51. The van der Waals surface area contributed by atoms with E-state index >= 15 is 0 Å². The molecule has 0 aliphatic heterocycles. The van der Waals surface area contributed by atoms with Gasteiger partial charge in [0, 0.05) is 10.5 Å². The van der Waals surface area contributed by atoms with Crippen LogP contribution in [0.15, 0.2) is 22.7 Å². The third-order valence-corrected chi connectivity index (χ3v) is 5.05. The molecule has 1 aromatic rings. The predicted molar refractivity (Wildman–Crippen MR) is 86.5 cm³/mol. The van der Waals surface area contributed by atoms with Crippen molar-refractivity contribution in [2.45, 2.75) is 57.9 Å². The minimum atomic E-state index is -0.165. The van der Waals surface area contributed by atoms with Gasteiger partial charge in [0.15, 0.2) is 0 Å². The predicted octanol–water partition coefficient (Wildman–Crippen LogP) is 5.08. The van der Waals surface area contributed by atoms with E-state index in [-0.39, 0.29) is 5.82 Å². The Kier molecular flexibility index (Phi) is 6.50. The lowest BCUT2D eigenvalue weighted by atomic mass is 9.88. The van der Waals surface area contributed by atoms with Crippen LogP contribution >= 0.6 is 15.9 Å². The summed E-state index contributed by atoms with van der Waals surface area (Å²) in [6, 6.07) is 5.71. The smallest absolute Gasteiger partial charge is 0.124 e. The summed E-state index contributed by atoms with van der Waals surface area (Å²) < 4.78 is 14.1. The quantitative estimate of drug-likeness (QED) is 0.736. The summed E-state index contributed by atoms with van der Waals surface area (Å²) in [7, 11) is 0. The van der Waals surface area contributed by atoms with Crippen molar-refractivity contribution in [3.05, 3.63) is 34.1 Å². The van der Waals surface area contributed by atoms with Crippen LogP contribution in [0, 0.1) is 11.7 Å². The summed E-state index contributed by atoms with van der Waals surface area (Å²) in [5.41, 5.74) is 1.24. The zero-order chi connectivity index (χ0) is 14.4. The van der Waals surface area contributed by atoms with E-state index in [1.165, 1.54) is 44.1 Å². The minimum absolute atomic E-state index is 0.165. The number of benzene rings is 1. The van der Waals surface area contributed by atoms with Crippen LogP contribution in [0.3, 0.4) is 0 Å². The van der Waals surface area contributed by atoms with Crippen LogP contribution in [0.25, 0.3) is 0 Å². The second-order valence-electron chi connectivity index (χ2n) is 5.90. The highest BCUT2D eigenvalue weighted by molar-refractivity contribution is 9.10. The first-order valence-corrected chi connectivity index (χ1v) is 8.67. The molecule has 0 heterocycles. The second-order valence-corrected chi connectivity index (χ2v) is 6.75. The third-order valence-electron chi connectivity index (χ3n) is 4.31. The van der Waals surface area contributed by atoms with Gasteiger partial charge < -0.3 is 5.32 Å². The maximum Gasteiger partial charge on any atom is 0.124 e. The van der Waals surface area contributed by atoms with E-state index in [4.69, 9.17) is 0 Å². The Hall–Kier alpha value is -0.410. The van der Waals surface area contributed by atoms with Gasteiger partial charge in [0.1, 0.15) is 5.82 Å². The Morgan fingerprint density at radius 2 is 2.05 bits per heavy atom. The largest absolute Gasteiger partial charge is 0.314 e. The van der Waals surface area contributed by atoms with Gasteiger partial charge in [0.05, 0.1) is 0 Å². The van der Waals surface area contributed by atoms with Crippen LogP contribution in [0.4, 0.5) is 4.39 Å². The van der Waals surface area contributed by atoms with E-state index in [0.717, 1.165) is 17.4 Å². The molecule has 1 aliphatic rings. The molecule has 0 radical (unpaired) electrons. The Morgan fingerprint density at radius 3 is 2.80 bits per heavy atom. The highest BCUT2D eigenvalue weighted by atomic mass is 79.9. The Balaban J connectivity index is 2.06. The Labute approximate surface area is 130 Å². The molecule has 0 spiro atoms. The van der Waals surface area contributed by atoms with Crippen LogP contribution < -0.4 is 5.32 Å².